The summed E-state index contributed by atoms with van der Waals surface area (Å²) in [5.74, 6) is -2.19. The van der Waals surface area contributed by atoms with Gasteiger partial charge in [0.2, 0.25) is 0 Å². The molecule has 1 aliphatic rings. The molecule has 3 rings (SSSR count). The third-order valence-electron chi connectivity index (χ3n) is 4.06. The third kappa shape index (κ3) is 2.88. The molecular weight excluding hydrogens is 314 g/mol. The molecule has 2 heterocycles. The Hall–Kier alpha value is -2.74. The highest BCUT2D eigenvalue weighted by atomic mass is 16.5. The van der Waals surface area contributed by atoms with Gasteiger partial charge in [0.05, 0.1) is 24.5 Å². The minimum atomic E-state index is -1.01. The van der Waals surface area contributed by atoms with Gasteiger partial charge in [-0.05, 0) is 6.07 Å². The number of nitrogens with zero attached hydrogens (tertiary/aromatic N) is 3. The molecule has 1 aliphatic heterocycles. The Morgan fingerprint density at radius 1 is 1.29 bits per heavy atom. The van der Waals surface area contributed by atoms with Crippen molar-refractivity contribution < 1.29 is 19.4 Å². The lowest BCUT2D eigenvalue weighted by Crippen LogP contribution is -2.39. The number of carbonyl (C=O) groups is 2. The maximum Gasteiger partial charge on any atom is 0.310 e. The molecule has 1 saturated heterocycles. The summed E-state index contributed by atoms with van der Waals surface area (Å²) in [6, 6.07) is 6.76. The molecule has 1 N–H and O–H groups in total. The molecule has 0 aliphatic carbocycles. The monoisotopic (exact) mass is 331 g/mol. The lowest BCUT2D eigenvalue weighted by molar-refractivity contribution is -0.143. The standard InChI is InChI=1S/C16H17N3O5/c1-18-14(20)12-5-3-2-4-11(12)13(17-18)15(21)19-6-7-24-9-10(8-19)16(22)23/h2-5,10H,6-9H2,1H3,(H,22,23). The number of rotatable bonds is 2. The molecule has 8 nitrogen and oxygen atoms in total. The first-order valence-corrected chi connectivity index (χ1v) is 7.55. The zero-order valence-corrected chi connectivity index (χ0v) is 13.1. The summed E-state index contributed by atoms with van der Waals surface area (Å²) in [5, 5.41) is 14.2. The van der Waals surface area contributed by atoms with Gasteiger partial charge < -0.3 is 14.7 Å². The molecule has 1 atom stereocenters. The first-order chi connectivity index (χ1) is 11.5. The van der Waals surface area contributed by atoms with E-state index in [0.717, 1.165) is 4.68 Å². The number of hydrogen-bond acceptors (Lipinski definition) is 5. The van der Waals surface area contributed by atoms with Crippen LogP contribution in [0.2, 0.25) is 0 Å². The van der Waals surface area contributed by atoms with Crippen LogP contribution in [0.3, 0.4) is 0 Å². The second kappa shape index (κ2) is 6.40. The molecular formula is C16H17N3O5. The average Bonchev–Trinajstić information content (AvgIpc) is 2.84. The molecule has 1 amide bonds. The summed E-state index contributed by atoms with van der Waals surface area (Å²) >= 11 is 0. The van der Waals surface area contributed by atoms with Crippen LogP contribution in [0.5, 0.6) is 0 Å². The molecule has 24 heavy (non-hydrogen) atoms. The van der Waals surface area contributed by atoms with Crippen molar-refractivity contribution in [1.29, 1.82) is 0 Å². The maximum absolute atomic E-state index is 12.9. The van der Waals surface area contributed by atoms with Crippen LogP contribution in [-0.4, -0.2) is 58.0 Å². The lowest BCUT2D eigenvalue weighted by Gasteiger charge is -2.22. The van der Waals surface area contributed by atoms with E-state index in [1.165, 1.54) is 11.9 Å². The van der Waals surface area contributed by atoms with Crippen LogP contribution >= 0.6 is 0 Å². The number of fused-ring (bicyclic) bond motifs is 1. The van der Waals surface area contributed by atoms with Crippen LogP contribution < -0.4 is 5.56 Å². The van der Waals surface area contributed by atoms with Crippen molar-refractivity contribution >= 4 is 22.6 Å². The number of hydrogen-bond donors (Lipinski definition) is 1. The number of carboxylic acid groups (broad SMARTS) is 1. The Kier molecular flexibility index (Phi) is 4.30. The Morgan fingerprint density at radius 3 is 2.71 bits per heavy atom. The van der Waals surface area contributed by atoms with Gasteiger partial charge in [0.15, 0.2) is 5.69 Å². The largest absolute Gasteiger partial charge is 0.481 e. The van der Waals surface area contributed by atoms with Crippen LogP contribution in [0.1, 0.15) is 10.5 Å². The van der Waals surface area contributed by atoms with Crippen molar-refractivity contribution in [2.24, 2.45) is 13.0 Å². The predicted octanol–water partition coefficient (Wildman–Crippen LogP) is 0.107. The zero-order valence-electron chi connectivity index (χ0n) is 13.1. The van der Waals surface area contributed by atoms with Crippen molar-refractivity contribution in [3.8, 4) is 0 Å². The van der Waals surface area contributed by atoms with Gasteiger partial charge in [0.25, 0.3) is 11.5 Å². The number of aryl methyl sites for hydroxylation is 1. The fourth-order valence-corrected chi connectivity index (χ4v) is 2.75. The van der Waals surface area contributed by atoms with Gasteiger partial charge in [-0.25, -0.2) is 4.68 Å². The van der Waals surface area contributed by atoms with E-state index < -0.39 is 17.8 Å². The lowest BCUT2D eigenvalue weighted by atomic mass is 10.1. The molecule has 1 aromatic carbocycles. The van der Waals surface area contributed by atoms with Crippen LogP contribution in [0.15, 0.2) is 29.1 Å². The molecule has 126 valence electrons. The number of carbonyl (C=O) groups excluding carboxylic acids is 1. The smallest absolute Gasteiger partial charge is 0.310 e. The Labute approximate surface area is 137 Å². The van der Waals surface area contributed by atoms with Crippen LogP contribution in [0, 0.1) is 5.92 Å². The summed E-state index contributed by atoms with van der Waals surface area (Å²) in [6.07, 6.45) is 0. The van der Waals surface area contributed by atoms with E-state index in [0.29, 0.717) is 10.8 Å². The normalized spacial score (nSPS) is 18.4. The van der Waals surface area contributed by atoms with Crippen LogP contribution in [-0.2, 0) is 16.6 Å². The topological polar surface area (TPSA) is 102 Å². The Balaban J connectivity index is 2.03. The van der Waals surface area contributed by atoms with Gasteiger partial charge in [-0.1, -0.05) is 18.2 Å². The first kappa shape index (κ1) is 16.1. The number of benzene rings is 1. The molecule has 8 heteroatoms. The Bertz CT molecular complexity index is 860. The summed E-state index contributed by atoms with van der Waals surface area (Å²) < 4.78 is 6.39. The summed E-state index contributed by atoms with van der Waals surface area (Å²) in [6.45, 7) is 0.661. The second-order valence-corrected chi connectivity index (χ2v) is 5.68. The highest BCUT2D eigenvalue weighted by Gasteiger charge is 2.29. The number of aromatic nitrogens is 2. The van der Waals surface area contributed by atoms with E-state index in [9.17, 15) is 19.5 Å². The SMILES string of the molecule is Cn1nc(C(=O)N2CCOCC(C(=O)O)C2)c2ccccc2c1=O. The van der Waals surface area contributed by atoms with Gasteiger partial charge in [0.1, 0.15) is 0 Å². The molecule has 0 saturated carbocycles. The summed E-state index contributed by atoms with van der Waals surface area (Å²) in [4.78, 5) is 37.7. The minimum Gasteiger partial charge on any atom is -0.481 e. The number of ether oxygens (including phenoxy) is 1. The number of carboxylic acids is 1. The van der Waals surface area contributed by atoms with Gasteiger partial charge in [-0.3, -0.25) is 14.4 Å². The quantitative estimate of drug-likeness (QED) is 0.838. The fraction of sp³-hybridized carbons (Fsp3) is 0.375. The predicted molar refractivity (Wildman–Crippen MR) is 84.8 cm³/mol. The van der Waals surface area contributed by atoms with Gasteiger partial charge >= 0.3 is 5.97 Å². The highest BCUT2D eigenvalue weighted by Crippen LogP contribution is 2.17. The van der Waals surface area contributed by atoms with Crippen molar-refractivity contribution in [3.05, 3.63) is 40.3 Å². The third-order valence-corrected chi connectivity index (χ3v) is 4.06. The van der Waals surface area contributed by atoms with E-state index in [1.807, 2.05) is 0 Å². The summed E-state index contributed by atoms with van der Waals surface area (Å²) in [7, 11) is 1.48. The average molecular weight is 331 g/mol. The minimum absolute atomic E-state index is 0.0486. The van der Waals surface area contributed by atoms with Gasteiger partial charge in [-0.15, -0.1) is 0 Å². The maximum atomic E-state index is 12.9. The molecule has 1 unspecified atom stereocenters. The summed E-state index contributed by atoms with van der Waals surface area (Å²) in [5.41, 5.74) is -0.150. The van der Waals surface area contributed by atoms with E-state index in [1.54, 1.807) is 24.3 Å². The number of amides is 1. The van der Waals surface area contributed by atoms with Crippen LogP contribution in [0.25, 0.3) is 10.8 Å². The van der Waals surface area contributed by atoms with Crippen molar-refractivity contribution in [3.63, 3.8) is 0 Å². The van der Waals surface area contributed by atoms with Crippen LogP contribution in [0.4, 0.5) is 0 Å². The molecule has 2 aromatic rings. The molecule has 1 aromatic heterocycles. The van der Waals surface area contributed by atoms with E-state index in [-0.39, 0.29) is 37.6 Å². The highest BCUT2D eigenvalue weighted by molar-refractivity contribution is 6.04. The Morgan fingerprint density at radius 2 is 2.00 bits per heavy atom. The van der Waals surface area contributed by atoms with Crippen molar-refractivity contribution in [1.82, 2.24) is 14.7 Å². The van der Waals surface area contributed by atoms with Gasteiger partial charge in [0, 0.05) is 25.5 Å². The fourth-order valence-electron chi connectivity index (χ4n) is 2.75. The zero-order chi connectivity index (χ0) is 17.3. The molecule has 1 fully saturated rings. The molecule has 0 spiro atoms. The van der Waals surface area contributed by atoms with E-state index >= 15 is 0 Å². The molecule has 0 radical (unpaired) electrons. The van der Waals surface area contributed by atoms with Crippen molar-refractivity contribution in [2.45, 2.75) is 0 Å². The molecule has 0 bridgehead atoms. The van der Waals surface area contributed by atoms with E-state index in [4.69, 9.17) is 4.74 Å². The van der Waals surface area contributed by atoms with E-state index in [2.05, 4.69) is 5.10 Å². The van der Waals surface area contributed by atoms with Crippen molar-refractivity contribution in [2.75, 3.05) is 26.3 Å². The second-order valence-electron chi connectivity index (χ2n) is 5.68. The number of aliphatic carboxylic acids is 1. The first-order valence-electron chi connectivity index (χ1n) is 7.55. The van der Waals surface area contributed by atoms with Gasteiger partial charge in [-0.2, -0.15) is 5.10 Å².